The highest BCUT2D eigenvalue weighted by Gasteiger charge is 2.29. The number of piperazine rings is 1. The van der Waals surface area contributed by atoms with E-state index in [4.69, 9.17) is 11.6 Å². The molecule has 1 fully saturated rings. The number of aryl methyl sites for hydroxylation is 1. The number of halogens is 1. The molecule has 1 atom stereocenters. The lowest BCUT2D eigenvalue weighted by Gasteiger charge is -2.40. The second kappa shape index (κ2) is 8.13. The number of rotatable bonds is 3. The molecular weight excluding hydrogens is 388 g/mol. The first kappa shape index (κ1) is 20.7. The molecule has 0 radical (unpaired) electrons. The van der Waals surface area contributed by atoms with Crippen LogP contribution in [0.1, 0.15) is 12.5 Å². The van der Waals surface area contributed by atoms with Crippen molar-refractivity contribution in [3.63, 3.8) is 0 Å². The molecule has 1 aliphatic heterocycles. The Labute approximate surface area is 173 Å². The van der Waals surface area contributed by atoms with Crippen LogP contribution in [0.3, 0.4) is 0 Å². The summed E-state index contributed by atoms with van der Waals surface area (Å²) >= 11 is 6.37. The minimum absolute atomic E-state index is 0.0594. The number of nitrogens with one attached hydrogen (secondary N) is 1. The highest BCUT2D eigenvalue weighted by molar-refractivity contribution is 6.88. The van der Waals surface area contributed by atoms with Gasteiger partial charge in [-0.3, -0.25) is 0 Å². The van der Waals surface area contributed by atoms with E-state index in [9.17, 15) is 4.79 Å². The maximum atomic E-state index is 12.8. The molecule has 2 amide bonds. The third-order valence-electron chi connectivity index (χ3n) is 5.15. The molecular formula is C21H29ClN4OSi. The number of carbonyl (C=O) groups is 1. The standard InChI is InChI=1S/C21H29ClN4OSi/c1-15-12-19(22)20(23-13-15)25-10-11-26(16(2)14-25)21(27)24-17-6-8-18(9-7-17)28(3,4)5/h6-9,12-13,16H,10-11,14H2,1-5H3,(H,24,27). The van der Waals surface area contributed by atoms with Crippen LogP contribution in [0.2, 0.25) is 24.7 Å². The first-order valence-corrected chi connectivity index (χ1v) is 13.6. The van der Waals surface area contributed by atoms with Gasteiger partial charge in [0, 0.05) is 37.6 Å². The van der Waals surface area contributed by atoms with Gasteiger partial charge in [-0.15, -0.1) is 0 Å². The van der Waals surface area contributed by atoms with Crippen LogP contribution >= 0.6 is 11.6 Å². The van der Waals surface area contributed by atoms with Crippen molar-refractivity contribution >= 4 is 42.4 Å². The molecule has 5 nitrogen and oxygen atoms in total. The number of pyridine rings is 1. The van der Waals surface area contributed by atoms with E-state index in [-0.39, 0.29) is 12.1 Å². The number of hydrogen-bond donors (Lipinski definition) is 1. The minimum Gasteiger partial charge on any atom is -0.352 e. The minimum atomic E-state index is -1.33. The van der Waals surface area contributed by atoms with Crippen LogP contribution in [0.4, 0.5) is 16.3 Å². The lowest BCUT2D eigenvalue weighted by Crippen LogP contribution is -2.55. The molecule has 2 aromatic rings. The SMILES string of the molecule is Cc1cnc(N2CCN(C(=O)Nc3ccc([Si](C)(C)C)cc3)C(C)C2)c(Cl)c1. The van der Waals surface area contributed by atoms with E-state index in [2.05, 4.69) is 53.9 Å². The van der Waals surface area contributed by atoms with Crippen LogP contribution in [0.5, 0.6) is 0 Å². The van der Waals surface area contributed by atoms with Crippen molar-refractivity contribution in [3.8, 4) is 0 Å². The van der Waals surface area contributed by atoms with E-state index in [1.54, 1.807) is 0 Å². The highest BCUT2D eigenvalue weighted by Crippen LogP contribution is 2.26. The van der Waals surface area contributed by atoms with Crippen molar-refractivity contribution in [1.29, 1.82) is 0 Å². The van der Waals surface area contributed by atoms with E-state index < -0.39 is 8.07 Å². The lowest BCUT2D eigenvalue weighted by atomic mass is 10.2. The normalized spacial score (nSPS) is 17.6. The Kier molecular flexibility index (Phi) is 6.00. The smallest absolute Gasteiger partial charge is 0.322 e. The summed E-state index contributed by atoms with van der Waals surface area (Å²) in [5.74, 6) is 0.793. The molecule has 0 aliphatic carbocycles. The molecule has 28 heavy (non-hydrogen) atoms. The summed E-state index contributed by atoms with van der Waals surface area (Å²) in [7, 11) is -1.33. The molecule has 7 heteroatoms. The largest absolute Gasteiger partial charge is 0.352 e. The van der Waals surface area contributed by atoms with E-state index in [1.807, 2.05) is 36.2 Å². The van der Waals surface area contributed by atoms with Crippen LogP contribution in [0.25, 0.3) is 0 Å². The first-order valence-electron chi connectivity index (χ1n) is 9.70. The Hall–Kier alpha value is -2.05. The van der Waals surface area contributed by atoms with Crippen LogP contribution in [0, 0.1) is 6.92 Å². The average Bonchev–Trinajstić information content (AvgIpc) is 2.61. The number of nitrogens with zero attached hydrogens (tertiary/aromatic N) is 3. The van der Waals surface area contributed by atoms with Crippen molar-refractivity contribution in [1.82, 2.24) is 9.88 Å². The van der Waals surface area contributed by atoms with Gasteiger partial charge >= 0.3 is 6.03 Å². The molecule has 3 rings (SSSR count). The van der Waals surface area contributed by atoms with E-state index in [0.29, 0.717) is 24.7 Å². The molecule has 150 valence electrons. The molecule has 0 saturated carbocycles. The summed E-state index contributed by atoms with van der Waals surface area (Å²) in [4.78, 5) is 21.3. The summed E-state index contributed by atoms with van der Waals surface area (Å²) in [6.45, 7) is 13.0. The lowest BCUT2D eigenvalue weighted by molar-refractivity contribution is 0.184. The predicted octanol–water partition coefficient (Wildman–Crippen LogP) is 4.33. The molecule has 0 spiro atoms. The Bertz CT molecular complexity index is 850. The number of anilines is 2. The molecule has 2 heterocycles. The van der Waals surface area contributed by atoms with Crippen molar-refractivity contribution in [3.05, 3.63) is 47.1 Å². The second-order valence-corrected chi connectivity index (χ2v) is 14.0. The van der Waals surface area contributed by atoms with Gasteiger partial charge in [-0.05, 0) is 37.6 Å². The van der Waals surface area contributed by atoms with Gasteiger partial charge in [-0.1, -0.05) is 48.6 Å². The molecule has 1 N–H and O–H groups in total. The summed E-state index contributed by atoms with van der Waals surface area (Å²) in [5, 5.41) is 5.08. The maximum absolute atomic E-state index is 12.8. The molecule has 1 aromatic carbocycles. The highest BCUT2D eigenvalue weighted by atomic mass is 35.5. The Morgan fingerprint density at radius 1 is 1.21 bits per heavy atom. The average molecular weight is 417 g/mol. The third kappa shape index (κ3) is 4.67. The fourth-order valence-corrected chi connectivity index (χ4v) is 4.97. The molecule has 1 unspecified atom stereocenters. The second-order valence-electron chi connectivity index (χ2n) is 8.56. The fourth-order valence-electron chi connectivity index (χ4n) is 3.46. The Morgan fingerprint density at radius 2 is 1.89 bits per heavy atom. The number of aromatic nitrogens is 1. The molecule has 1 aromatic heterocycles. The number of hydrogen-bond acceptors (Lipinski definition) is 3. The van der Waals surface area contributed by atoms with Crippen LogP contribution in [-0.2, 0) is 0 Å². The van der Waals surface area contributed by atoms with Gasteiger partial charge in [0.25, 0.3) is 0 Å². The molecule has 1 saturated heterocycles. The Morgan fingerprint density at radius 3 is 2.46 bits per heavy atom. The van der Waals surface area contributed by atoms with Crippen LogP contribution in [-0.4, -0.2) is 49.7 Å². The van der Waals surface area contributed by atoms with Gasteiger partial charge in [-0.25, -0.2) is 9.78 Å². The topological polar surface area (TPSA) is 48.5 Å². The molecule has 1 aliphatic rings. The van der Waals surface area contributed by atoms with Crippen LogP contribution in [0.15, 0.2) is 36.5 Å². The van der Waals surface area contributed by atoms with Gasteiger partial charge in [0.2, 0.25) is 0 Å². The van der Waals surface area contributed by atoms with Gasteiger partial charge < -0.3 is 15.1 Å². The zero-order valence-corrected chi connectivity index (χ0v) is 19.0. The van der Waals surface area contributed by atoms with Crippen molar-refractivity contribution in [2.75, 3.05) is 29.9 Å². The molecule has 0 bridgehead atoms. The number of amides is 2. The van der Waals surface area contributed by atoms with Crippen molar-refractivity contribution in [2.45, 2.75) is 39.5 Å². The van der Waals surface area contributed by atoms with E-state index in [1.165, 1.54) is 5.19 Å². The summed E-state index contributed by atoms with van der Waals surface area (Å²) in [6, 6.07) is 10.2. The van der Waals surface area contributed by atoms with E-state index in [0.717, 1.165) is 17.1 Å². The Balaban J connectivity index is 1.63. The van der Waals surface area contributed by atoms with Crippen molar-refractivity contribution < 1.29 is 4.79 Å². The maximum Gasteiger partial charge on any atom is 0.322 e. The van der Waals surface area contributed by atoms with Crippen molar-refractivity contribution in [2.24, 2.45) is 0 Å². The van der Waals surface area contributed by atoms with Crippen LogP contribution < -0.4 is 15.4 Å². The predicted molar refractivity (Wildman–Crippen MR) is 121 cm³/mol. The number of benzene rings is 1. The van der Waals surface area contributed by atoms with Gasteiger partial charge in [0.15, 0.2) is 0 Å². The monoisotopic (exact) mass is 416 g/mol. The quantitative estimate of drug-likeness (QED) is 0.757. The summed E-state index contributed by atoms with van der Waals surface area (Å²) < 4.78 is 0. The first-order chi connectivity index (χ1) is 13.1. The van der Waals surface area contributed by atoms with Gasteiger partial charge in [0.1, 0.15) is 5.82 Å². The summed E-state index contributed by atoms with van der Waals surface area (Å²) in [5.41, 5.74) is 1.88. The summed E-state index contributed by atoms with van der Waals surface area (Å²) in [6.07, 6.45) is 1.83. The van der Waals surface area contributed by atoms with E-state index >= 15 is 0 Å². The third-order valence-corrected chi connectivity index (χ3v) is 7.49. The van der Waals surface area contributed by atoms with Gasteiger partial charge in [-0.2, -0.15) is 0 Å². The van der Waals surface area contributed by atoms with Gasteiger partial charge in [0.05, 0.1) is 13.1 Å². The fraction of sp³-hybridized carbons (Fsp3) is 0.429. The zero-order chi connectivity index (χ0) is 20.5. The number of carbonyl (C=O) groups excluding carboxylic acids is 1. The number of urea groups is 1. The zero-order valence-electron chi connectivity index (χ0n) is 17.3.